The van der Waals surface area contributed by atoms with Gasteiger partial charge in [-0.25, -0.2) is 32.5 Å². The average molecular weight is 576 g/mol. The predicted molar refractivity (Wildman–Crippen MR) is 144 cm³/mol. The van der Waals surface area contributed by atoms with Gasteiger partial charge in [-0.05, 0) is 61.4 Å². The molecule has 4 aromatic heterocycles. The Morgan fingerprint density at radius 2 is 1.93 bits per heavy atom. The van der Waals surface area contributed by atoms with Crippen molar-refractivity contribution < 1.29 is 22.4 Å². The number of aromatic nitrogens is 6. The van der Waals surface area contributed by atoms with E-state index in [0.717, 1.165) is 24.3 Å². The number of rotatable bonds is 8. The summed E-state index contributed by atoms with van der Waals surface area (Å²) in [5, 5.41) is 7.94. The molecule has 0 saturated heterocycles. The molecule has 5 aromatic rings. The highest BCUT2D eigenvalue weighted by molar-refractivity contribution is 5.82. The van der Waals surface area contributed by atoms with Crippen LogP contribution in [0.25, 0.3) is 22.2 Å². The Morgan fingerprint density at radius 3 is 2.74 bits per heavy atom. The largest absolute Gasteiger partial charge is 0.346 e. The first-order valence-corrected chi connectivity index (χ1v) is 13.7. The van der Waals surface area contributed by atoms with E-state index in [9.17, 15) is 22.4 Å². The number of halogens is 4. The minimum Gasteiger partial charge on any atom is -0.346 e. The van der Waals surface area contributed by atoms with Gasteiger partial charge in [0.1, 0.15) is 35.8 Å². The Morgan fingerprint density at radius 1 is 1.10 bits per heavy atom. The number of alkyl halides is 2. The molecule has 12 heteroatoms. The van der Waals surface area contributed by atoms with Crippen LogP contribution >= 0.6 is 0 Å². The Hall–Kier alpha value is -4.61. The Kier molecular flexibility index (Phi) is 6.47. The second-order valence-electron chi connectivity index (χ2n) is 10.9. The van der Waals surface area contributed by atoms with Crippen molar-refractivity contribution in [2.24, 2.45) is 5.92 Å². The topological polar surface area (TPSA) is 101 Å². The summed E-state index contributed by atoms with van der Waals surface area (Å²) in [6.07, 6.45) is 5.89. The van der Waals surface area contributed by atoms with Crippen LogP contribution in [0.1, 0.15) is 59.4 Å². The quantitative estimate of drug-likeness (QED) is 0.235. The molecule has 0 spiro atoms. The molecule has 7 rings (SSSR count). The molecule has 2 aliphatic carbocycles. The van der Waals surface area contributed by atoms with E-state index in [-0.39, 0.29) is 24.6 Å². The second kappa shape index (κ2) is 10.3. The van der Waals surface area contributed by atoms with Gasteiger partial charge < -0.3 is 10.3 Å². The zero-order valence-corrected chi connectivity index (χ0v) is 22.2. The fourth-order valence-electron chi connectivity index (χ4n) is 6.21. The lowest BCUT2D eigenvalue weighted by Gasteiger charge is -2.22. The monoisotopic (exact) mass is 575 g/mol. The first-order chi connectivity index (χ1) is 20.3. The fraction of sp³-hybridized carbons (Fsp3) is 0.300. The first-order valence-electron chi connectivity index (χ1n) is 13.7. The van der Waals surface area contributed by atoms with Gasteiger partial charge in [-0.1, -0.05) is 0 Å². The number of H-pyrrole nitrogens is 1. The van der Waals surface area contributed by atoms with Gasteiger partial charge in [-0.3, -0.25) is 9.48 Å². The zero-order valence-electron chi connectivity index (χ0n) is 22.2. The summed E-state index contributed by atoms with van der Waals surface area (Å²) < 4.78 is 57.3. The number of fused-ring (bicyclic) bond motifs is 4. The van der Waals surface area contributed by atoms with Crippen molar-refractivity contribution in [1.29, 1.82) is 0 Å². The van der Waals surface area contributed by atoms with Gasteiger partial charge >= 0.3 is 0 Å². The molecular weight excluding hydrogens is 550 g/mol. The van der Waals surface area contributed by atoms with Crippen molar-refractivity contribution in [3.8, 4) is 11.1 Å². The summed E-state index contributed by atoms with van der Waals surface area (Å²) in [5.74, 6) is -1.42. The van der Waals surface area contributed by atoms with Gasteiger partial charge in [0.05, 0.1) is 11.7 Å². The zero-order chi connectivity index (χ0) is 29.0. The number of hydrogen-bond acceptors (Lipinski definition) is 5. The number of hydrogen-bond donors (Lipinski definition) is 2. The molecule has 1 saturated carbocycles. The van der Waals surface area contributed by atoms with Crippen LogP contribution in [0.5, 0.6) is 0 Å². The molecule has 0 bridgehead atoms. The number of benzene rings is 1. The number of carbonyl (C=O) groups excluding carboxylic acids is 1. The highest BCUT2D eigenvalue weighted by Gasteiger charge is 2.46. The minimum absolute atomic E-state index is 0.00839. The lowest BCUT2D eigenvalue weighted by Crippen LogP contribution is -2.34. The van der Waals surface area contributed by atoms with E-state index in [0.29, 0.717) is 51.6 Å². The standard InChI is InChI=1S/C30H25F4N7O/c31-19-5-15(6-20(32)10-19)7-24(26-23(12-35-14-38-26)18-8-17-3-4-36-30(17)37-11-18)39-25(42)13-41-28-21(27(40-41)29(33)34)2-1-16-9-22(16)28/h3-6,8,10-12,14,16,22,24,29H,1-2,7,9,13H2,(H,36,37)(H,39,42)/t16-,22+,24-/m1/s1. The molecule has 1 aromatic carbocycles. The van der Waals surface area contributed by atoms with Crippen LogP contribution in [0.4, 0.5) is 17.6 Å². The molecule has 2 aliphatic rings. The molecule has 42 heavy (non-hydrogen) atoms. The molecule has 8 nitrogen and oxygen atoms in total. The maximum Gasteiger partial charge on any atom is 0.282 e. The van der Waals surface area contributed by atoms with Crippen molar-refractivity contribution >= 4 is 16.9 Å². The van der Waals surface area contributed by atoms with Crippen LogP contribution < -0.4 is 5.32 Å². The molecule has 0 radical (unpaired) electrons. The maximum atomic E-state index is 14.1. The van der Waals surface area contributed by atoms with Gasteiger partial charge in [0.2, 0.25) is 5.91 Å². The molecule has 1 amide bonds. The second-order valence-corrected chi connectivity index (χ2v) is 10.9. The predicted octanol–water partition coefficient (Wildman–Crippen LogP) is 5.58. The summed E-state index contributed by atoms with van der Waals surface area (Å²) in [6, 6.07) is 6.10. The van der Waals surface area contributed by atoms with Crippen molar-refractivity contribution in [2.75, 3.05) is 0 Å². The highest BCUT2D eigenvalue weighted by Crippen LogP contribution is 2.55. The Balaban J connectivity index is 1.24. The molecule has 4 heterocycles. The van der Waals surface area contributed by atoms with E-state index in [1.807, 2.05) is 12.1 Å². The Labute approximate surface area is 237 Å². The van der Waals surface area contributed by atoms with Crippen LogP contribution in [-0.2, 0) is 24.2 Å². The third-order valence-electron chi connectivity index (χ3n) is 8.15. The first kappa shape index (κ1) is 26.3. The fourth-order valence-corrected chi connectivity index (χ4v) is 6.21. The number of aromatic amines is 1. The van der Waals surface area contributed by atoms with Crippen molar-refractivity contribution in [3.05, 3.63) is 95.1 Å². The van der Waals surface area contributed by atoms with E-state index in [1.165, 1.54) is 23.1 Å². The van der Waals surface area contributed by atoms with Crippen LogP contribution in [-0.4, -0.2) is 35.6 Å². The van der Waals surface area contributed by atoms with Gasteiger partial charge in [-0.2, -0.15) is 5.10 Å². The number of carbonyl (C=O) groups is 1. The van der Waals surface area contributed by atoms with Crippen LogP contribution in [0.3, 0.4) is 0 Å². The summed E-state index contributed by atoms with van der Waals surface area (Å²) in [7, 11) is 0. The summed E-state index contributed by atoms with van der Waals surface area (Å²) >= 11 is 0. The normalized spacial score (nSPS) is 18.1. The summed E-state index contributed by atoms with van der Waals surface area (Å²) in [5.41, 5.74) is 3.68. The number of nitrogens with one attached hydrogen (secondary N) is 2. The van der Waals surface area contributed by atoms with E-state index in [1.54, 1.807) is 18.6 Å². The van der Waals surface area contributed by atoms with E-state index in [2.05, 4.69) is 30.4 Å². The number of amides is 1. The van der Waals surface area contributed by atoms with E-state index >= 15 is 0 Å². The summed E-state index contributed by atoms with van der Waals surface area (Å²) in [4.78, 5) is 29.6. The van der Waals surface area contributed by atoms with E-state index < -0.39 is 30.0 Å². The SMILES string of the molecule is O=C(Cn1nc(C(F)F)c2c1[C@H]1C[C@H]1CC2)N[C@H](Cc1cc(F)cc(F)c1)c1ncncc1-c1cnc2[nH]ccc2c1. The highest BCUT2D eigenvalue weighted by atomic mass is 19.3. The van der Waals surface area contributed by atoms with Crippen LogP contribution in [0, 0.1) is 17.6 Å². The van der Waals surface area contributed by atoms with Crippen molar-refractivity contribution in [1.82, 2.24) is 35.0 Å². The van der Waals surface area contributed by atoms with Crippen molar-refractivity contribution in [2.45, 2.75) is 50.6 Å². The summed E-state index contributed by atoms with van der Waals surface area (Å²) in [6.45, 7) is -0.274. The van der Waals surface area contributed by atoms with Gasteiger partial charge in [0.25, 0.3) is 6.43 Å². The van der Waals surface area contributed by atoms with Gasteiger partial charge in [0, 0.05) is 58.3 Å². The Bertz CT molecular complexity index is 1800. The van der Waals surface area contributed by atoms with E-state index in [4.69, 9.17) is 0 Å². The molecule has 1 fully saturated rings. The molecule has 0 unspecified atom stereocenters. The molecule has 3 atom stereocenters. The number of nitrogens with zero attached hydrogens (tertiary/aromatic N) is 5. The van der Waals surface area contributed by atoms with Crippen molar-refractivity contribution in [3.63, 3.8) is 0 Å². The van der Waals surface area contributed by atoms with Crippen LogP contribution in [0.15, 0.2) is 55.2 Å². The minimum atomic E-state index is -2.73. The molecule has 0 aliphatic heterocycles. The third kappa shape index (κ3) is 4.90. The smallest absolute Gasteiger partial charge is 0.282 e. The lowest BCUT2D eigenvalue weighted by molar-refractivity contribution is -0.122. The van der Waals surface area contributed by atoms with Gasteiger partial charge in [0.15, 0.2) is 0 Å². The van der Waals surface area contributed by atoms with Crippen LogP contribution in [0.2, 0.25) is 0 Å². The average Bonchev–Trinajstić information content (AvgIpc) is 3.43. The third-order valence-corrected chi connectivity index (χ3v) is 8.15. The number of pyridine rings is 1. The molecule has 2 N–H and O–H groups in total. The maximum absolute atomic E-state index is 14.1. The molecular formula is C30H25F4N7O. The lowest BCUT2D eigenvalue weighted by atomic mass is 9.95. The molecule has 214 valence electrons. The van der Waals surface area contributed by atoms with Gasteiger partial charge in [-0.15, -0.1) is 0 Å².